The Kier molecular flexibility index (Phi) is 7.93. The van der Waals surface area contributed by atoms with Crippen molar-refractivity contribution in [3.05, 3.63) is 67.2 Å². The molecule has 3 rings (SSSR count). The average Bonchev–Trinajstić information content (AvgIpc) is 3.16. The molecule has 2 aromatic heterocycles. The minimum atomic E-state index is -0.735. The van der Waals surface area contributed by atoms with E-state index in [1.807, 2.05) is 37.3 Å². The molecule has 11 nitrogen and oxygen atoms in total. The first kappa shape index (κ1) is 24.1. The molecule has 0 atom stereocenters. The summed E-state index contributed by atoms with van der Waals surface area (Å²) in [4.78, 5) is 53.5. The second-order valence-electron chi connectivity index (χ2n) is 7.31. The zero-order valence-electron chi connectivity index (χ0n) is 18.5. The van der Waals surface area contributed by atoms with Gasteiger partial charge in [-0.05, 0) is 18.9 Å². The first-order valence-electron chi connectivity index (χ1n) is 10.6. The Hall–Kier alpha value is -3.54. The molecule has 1 aromatic carbocycles. The first-order chi connectivity index (χ1) is 15.9. The van der Waals surface area contributed by atoms with Crippen LogP contribution in [0.25, 0.3) is 0 Å². The zero-order valence-corrected chi connectivity index (χ0v) is 19.4. The van der Waals surface area contributed by atoms with Crippen molar-refractivity contribution < 1.29 is 4.79 Å². The normalized spacial score (nSPS) is 11.0. The fourth-order valence-electron chi connectivity index (χ4n) is 3.35. The van der Waals surface area contributed by atoms with Crippen molar-refractivity contribution in [3.8, 4) is 0 Å². The Labute approximate surface area is 193 Å². The number of rotatable bonds is 10. The number of hydrogen-bond acceptors (Lipinski definition) is 7. The topological polar surface area (TPSA) is 152 Å². The molecule has 0 saturated carbocycles. The van der Waals surface area contributed by atoms with Crippen LogP contribution in [0.15, 0.2) is 49.9 Å². The number of carbonyl (C=O) groups is 1. The minimum Gasteiger partial charge on any atom is -0.383 e. The molecule has 4 N–H and O–H groups in total. The molecule has 0 spiro atoms. The highest BCUT2D eigenvalue weighted by molar-refractivity contribution is 7.99. The average molecular weight is 474 g/mol. The Bertz CT molecular complexity index is 1280. The lowest BCUT2D eigenvalue weighted by Crippen LogP contribution is -2.42. The molecule has 0 fully saturated rings. The van der Waals surface area contributed by atoms with Crippen LogP contribution >= 0.6 is 11.8 Å². The van der Waals surface area contributed by atoms with Crippen molar-refractivity contribution >= 4 is 29.2 Å². The van der Waals surface area contributed by atoms with Crippen molar-refractivity contribution in [3.63, 3.8) is 0 Å². The quantitative estimate of drug-likeness (QED) is 0.371. The Balaban J connectivity index is 1.86. The number of nitrogens with zero attached hydrogens (tertiary/aromatic N) is 4. The summed E-state index contributed by atoms with van der Waals surface area (Å²) in [5, 5.41) is 6.78. The summed E-state index contributed by atoms with van der Waals surface area (Å²) < 4.78 is 2.71. The molecular formula is C21H27N7O4S. The summed E-state index contributed by atoms with van der Waals surface area (Å²) in [5.41, 5.74) is 5.23. The van der Waals surface area contributed by atoms with Crippen LogP contribution < -0.4 is 27.6 Å². The highest BCUT2D eigenvalue weighted by Gasteiger charge is 2.24. The van der Waals surface area contributed by atoms with Gasteiger partial charge in [0.15, 0.2) is 10.8 Å². The third-order valence-electron chi connectivity index (χ3n) is 5.07. The number of anilines is 2. The Morgan fingerprint density at radius 1 is 1.12 bits per heavy atom. The molecule has 2 heterocycles. The monoisotopic (exact) mass is 473 g/mol. The van der Waals surface area contributed by atoms with Crippen LogP contribution in [0.2, 0.25) is 0 Å². The number of nitrogens with one attached hydrogen (secondary N) is 2. The summed E-state index contributed by atoms with van der Waals surface area (Å²) in [6, 6.07) is 9.18. The van der Waals surface area contributed by atoms with Gasteiger partial charge in [0.2, 0.25) is 5.91 Å². The molecule has 1 amide bonds. The van der Waals surface area contributed by atoms with Gasteiger partial charge in [0.25, 0.3) is 5.56 Å². The van der Waals surface area contributed by atoms with Crippen LogP contribution in [0.3, 0.4) is 0 Å². The van der Waals surface area contributed by atoms with E-state index in [4.69, 9.17) is 5.73 Å². The lowest BCUT2D eigenvalue weighted by Gasteiger charge is -2.23. The molecule has 0 bridgehead atoms. The number of aromatic nitrogens is 5. The van der Waals surface area contributed by atoms with Crippen LogP contribution in [0, 0.1) is 0 Å². The molecule has 0 aliphatic carbocycles. The van der Waals surface area contributed by atoms with E-state index in [0.29, 0.717) is 11.7 Å². The summed E-state index contributed by atoms with van der Waals surface area (Å²) >= 11 is 1.09. The second-order valence-corrected chi connectivity index (χ2v) is 8.25. The van der Waals surface area contributed by atoms with Crippen LogP contribution in [0.5, 0.6) is 0 Å². The van der Waals surface area contributed by atoms with Crippen molar-refractivity contribution in [2.75, 3.05) is 22.9 Å². The van der Waals surface area contributed by atoms with Gasteiger partial charge in [-0.15, -0.1) is 5.10 Å². The van der Waals surface area contributed by atoms with E-state index in [1.165, 1.54) is 14.0 Å². The Morgan fingerprint density at radius 3 is 2.52 bits per heavy atom. The van der Waals surface area contributed by atoms with E-state index in [9.17, 15) is 19.2 Å². The van der Waals surface area contributed by atoms with Crippen molar-refractivity contribution in [1.29, 1.82) is 0 Å². The maximum absolute atomic E-state index is 13.0. The molecule has 0 aliphatic heterocycles. The van der Waals surface area contributed by atoms with E-state index in [-0.39, 0.29) is 36.0 Å². The third kappa shape index (κ3) is 5.45. The number of hydrogen-bond donors (Lipinski definition) is 3. The van der Waals surface area contributed by atoms with Crippen molar-refractivity contribution in [2.24, 2.45) is 0 Å². The molecule has 0 saturated heterocycles. The number of amides is 1. The van der Waals surface area contributed by atoms with Gasteiger partial charge in [-0.2, -0.15) is 0 Å². The number of nitrogens with two attached hydrogens (primary N) is 1. The van der Waals surface area contributed by atoms with Gasteiger partial charge < -0.3 is 10.6 Å². The summed E-state index contributed by atoms with van der Waals surface area (Å²) in [7, 11) is 0. The third-order valence-corrected chi connectivity index (χ3v) is 6.03. The first-order valence-corrected chi connectivity index (χ1v) is 11.6. The number of nitrogen functional groups attached to an aromatic ring is 1. The standard InChI is InChI=1S/C21H27N7O4S/c1-3-5-11-27-20(32)24-25-21(27)33-13-15(29)26(4-2)16-17(22)28(19(31)23-18(16)30)12-14-9-7-6-8-10-14/h6-10H,3-5,11-13,22H2,1-2H3,(H,24,32)(H,23,30,31). The predicted molar refractivity (Wildman–Crippen MR) is 128 cm³/mol. The molecule has 176 valence electrons. The van der Waals surface area contributed by atoms with Gasteiger partial charge in [0.05, 0.1) is 12.3 Å². The maximum Gasteiger partial charge on any atom is 0.343 e. The molecule has 0 unspecified atom stereocenters. The number of H-pyrrole nitrogens is 2. The largest absolute Gasteiger partial charge is 0.383 e. The number of thioether (sulfide) groups is 1. The van der Waals surface area contributed by atoms with Gasteiger partial charge in [0, 0.05) is 13.1 Å². The van der Waals surface area contributed by atoms with Crippen molar-refractivity contribution in [1.82, 2.24) is 24.3 Å². The van der Waals surface area contributed by atoms with E-state index in [1.54, 1.807) is 6.92 Å². The van der Waals surface area contributed by atoms with Gasteiger partial charge in [0.1, 0.15) is 5.82 Å². The lowest BCUT2D eigenvalue weighted by molar-refractivity contribution is -0.116. The zero-order chi connectivity index (χ0) is 24.0. The smallest absolute Gasteiger partial charge is 0.343 e. The van der Waals surface area contributed by atoms with Gasteiger partial charge in [-0.25, -0.2) is 14.7 Å². The number of aromatic amines is 2. The second kappa shape index (κ2) is 10.9. The van der Waals surface area contributed by atoms with Gasteiger partial charge >= 0.3 is 11.4 Å². The number of unbranched alkanes of at least 4 members (excludes halogenated alkanes) is 1. The summed E-state index contributed by atoms with van der Waals surface area (Å²) in [6.45, 7) is 4.53. The predicted octanol–water partition coefficient (Wildman–Crippen LogP) is 0.997. The van der Waals surface area contributed by atoms with Crippen molar-refractivity contribution in [2.45, 2.75) is 44.9 Å². The van der Waals surface area contributed by atoms with E-state index >= 15 is 0 Å². The summed E-state index contributed by atoms with van der Waals surface area (Å²) in [5.74, 6) is -0.560. The van der Waals surface area contributed by atoms with E-state index in [2.05, 4.69) is 15.2 Å². The summed E-state index contributed by atoms with van der Waals surface area (Å²) in [6.07, 6.45) is 1.71. The molecule has 12 heteroatoms. The van der Waals surface area contributed by atoms with E-state index in [0.717, 1.165) is 30.2 Å². The van der Waals surface area contributed by atoms with Gasteiger partial charge in [-0.1, -0.05) is 55.4 Å². The maximum atomic E-state index is 13.0. The highest BCUT2D eigenvalue weighted by atomic mass is 32.2. The Morgan fingerprint density at radius 2 is 1.85 bits per heavy atom. The van der Waals surface area contributed by atoms with Crippen LogP contribution in [0.4, 0.5) is 11.5 Å². The van der Waals surface area contributed by atoms with Crippen LogP contribution in [-0.2, 0) is 17.9 Å². The fourth-order valence-corrected chi connectivity index (χ4v) is 4.20. The van der Waals surface area contributed by atoms with Gasteiger partial charge in [-0.3, -0.25) is 23.7 Å². The molecule has 3 aromatic rings. The molecule has 0 aliphatic rings. The SMILES string of the molecule is CCCCn1c(SCC(=O)N(CC)c2c(N)n(Cc3ccccc3)c(=O)[nH]c2=O)n[nH]c1=O. The number of benzene rings is 1. The van der Waals surface area contributed by atoms with E-state index < -0.39 is 17.2 Å². The van der Waals surface area contributed by atoms with Crippen LogP contribution in [0.1, 0.15) is 32.3 Å². The molecule has 0 radical (unpaired) electrons. The fraction of sp³-hybridized carbons (Fsp3) is 0.381. The lowest BCUT2D eigenvalue weighted by atomic mass is 10.2. The minimum absolute atomic E-state index is 0.0685. The van der Waals surface area contributed by atoms with Crippen LogP contribution in [-0.4, -0.2) is 42.5 Å². The highest BCUT2D eigenvalue weighted by Crippen LogP contribution is 2.21. The number of carbonyl (C=O) groups excluding carboxylic acids is 1. The molecule has 33 heavy (non-hydrogen) atoms. The molecular weight excluding hydrogens is 446 g/mol.